The maximum atomic E-state index is 6.12. The van der Waals surface area contributed by atoms with Crippen molar-refractivity contribution in [3.05, 3.63) is 40.6 Å². The Morgan fingerprint density at radius 3 is 2.40 bits per heavy atom. The van der Waals surface area contributed by atoms with Crippen molar-refractivity contribution in [2.45, 2.75) is 40.2 Å². The van der Waals surface area contributed by atoms with E-state index < -0.39 is 0 Å². The molecule has 0 amide bonds. The summed E-state index contributed by atoms with van der Waals surface area (Å²) < 4.78 is 7.10. The number of anilines is 1. The lowest BCUT2D eigenvalue weighted by Crippen LogP contribution is -2.24. The van der Waals surface area contributed by atoms with Crippen LogP contribution >= 0.6 is 24.0 Å². The smallest absolute Gasteiger partial charge is 0.216 e. The standard InChI is InChI=1S/C18H27N5O.HI/c1-6-13-9-8-10-14(7-2)16(13)21-18(19)20-11-15-12(3)22-23(4)17(15)24-5;/h8-10H,6-7,11H2,1-5H3,(H3,19,20,21);1H. The molecule has 0 unspecified atom stereocenters. The Hall–Kier alpha value is -1.77. The molecule has 0 spiro atoms. The van der Waals surface area contributed by atoms with Gasteiger partial charge in [0.15, 0.2) is 5.96 Å². The van der Waals surface area contributed by atoms with Crippen molar-refractivity contribution in [3.8, 4) is 5.88 Å². The summed E-state index contributed by atoms with van der Waals surface area (Å²) in [6, 6.07) is 6.31. The van der Waals surface area contributed by atoms with Crippen LogP contribution in [0, 0.1) is 6.92 Å². The fourth-order valence-corrected chi connectivity index (χ4v) is 2.85. The van der Waals surface area contributed by atoms with Gasteiger partial charge in [-0.2, -0.15) is 5.10 Å². The monoisotopic (exact) mass is 457 g/mol. The van der Waals surface area contributed by atoms with Gasteiger partial charge >= 0.3 is 0 Å². The molecule has 138 valence electrons. The largest absolute Gasteiger partial charge is 0.481 e. The summed E-state index contributed by atoms with van der Waals surface area (Å²) in [5.41, 5.74) is 11.5. The number of halogens is 1. The first-order valence-corrected chi connectivity index (χ1v) is 8.25. The number of nitrogens with two attached hydrogens (primary N) is 1. The van der Waals surface area contributed by atoms with E-state index in [1.165, 1.54) is 11.1 Å². The van der Waals surface area contributed by atoms with Crippen LogP contribution in [0.15, 0.2) is 23.2 Å². The third kappa shape index (κ3) is 4.87. The van der Waals surface area contributed by atoms with Crippen molar-refractivity contribution >= 4 is 35.6 Å². The minimum absolute atomic E-state index is 0. The van der Waals surface area contributed by atoms with Crippen molar-refractivity contribution in [1.82, 2.24) is 9.78 Å². The SMILES string of the molecule is CCc1cccc(CC)c1NC(N)=NCc1c(C)nn(C)c1OC.I. The summed E-state index contributed by atoms with van der Waals surface area (Å²) in [4.78, 5) is 4.47. The van der Waals surface area contributed by atoms with Crippen LogP contribution in [0.4, 0.5) is 5.69 Å². The second kappa shape index (κ2) is 9.65. The number of benzene rings is 1. The van der Waals surface area contributed by atoms with Crippen molar-refractivity contribution < 1.29 is 4.74 Å². The van der Waals surface area contributed by atoms with Crippen molar-refractivity contribution in [2.24, 2.45) is 17.8 Å². The van der Waals surface area contributed by atoms with Gasteiger partial charge in [0.05, 0.1) is 24.9 Å². The number of aliphatic imine (C=N–C) groups is 1. The Morgan fingerprint density at radius 2 is 1.88 bits per heavy atom. The highest BCUT2D eigenvalue weighted by atomic mass is 127. The molecule has 2 aromatic rings. The van der Waals surface area contributed by atoms with Crippen LogP contribution in [0.3, 0.4) is 0 Å². The van der Waals surface area contributed by atoms with E-state index in [9.17, 15) is 0 Å². The molecular weight excluding hydrogens is 429 g/mol. The molecule has 0 atom stereocenters. The second-order valence-electron chi connectivity index (χ2n) is 5.68. The molecule has 0 saturated carbocycles. The molecule has 0 aliphatic rings. The van der Waals surface area contributed by atoms with E-state index in [0.717, 1.165) is 29.8 Å². The van der Waals surface area contributed by atoms with Gasteiger partial charge in [-0.3, -0.25) is 0 Å². The Balaban J connectivity index is 0.00000312. The van der Waals surface area contributed by atoms with Crippen molar-refractivity contribution in [3.63, 3.8) is 0 Å². The van der Waals surface area contributed by atoms with E-state index in [0.29, 0.717) is 18.4 Å². The van der Waals surface area contributed by atoms with E-state index in [1.807, 2.05) is 14.0 Å². The fourth-order valence-electron chi connectivity index (χ4n) is 2.85. The first kappa shape index (κ1) is 21.3. The number of guanidine groups is 1. The Bertz CT molecular complexity index is 717. The zero-order chi connectivity index (χ0) is 17.7. The summed E-state index contributed by atoms with van der Waals surface area (Å²) in [5.74, 6) is 1.11. The predicted octanol–water partition coefficient (Wildman–Crippen LogP) is 3.41. The number of nitrogens with one attached hydrogen (secondary N) is 1. The highest BCUT2D eigenvalue weighted by Crippen LogP contribution is 2.23. The van der Waals surface area contributed by atoms with Crippen molar-refractivity contribution in [2.75, 3.05) is 12.4 Å². The van der Waals surface area contributed by atoms with E-state index in [4.69, 9.17) is 10.5 Å². The van der Waals surface area contributed by atoms with Crippen LogP contribution in [0.25, 0.3) is 0 Å². The third-order valence-electron chi connectivity index (χ3n) is 4.14. The minimum Gasteiger partial charge on any atom is -0.481 e. The van der Waals surface area contributed by atoms with Gasteiger partial charge in [0, 0.05) is 12.7 Å². The quantitative estimate of drug-likeness (QED) is 0.396. The van der Waals surface area contributed by atoms with Crippen LogP contribution in [0.2, 0.25) is 0 Å². The number of ether oxygens (including phenoxy) is 1. The molecule has 0 saturated heterocycles. The van der Waals surface area contributed by atoms with Crippen LogP contribution in [0.1, 0.15) is 36.2 Å². The summed E-state index contributed by atoms with van der Waals surface area (Å²) >= 11 is 0. The number of aromatic nitrogens is 2. The Morgan fingerprint density at radius 1 is 1.28 bits per heavy atom. The van der Waals surface area contributed by atoms with Crippen LogP contribution < -0.4 is 15.8 Å². The normalized spacial score (nSPS) is 11.2. The maximum absolute atomic E-state index is 6.12. The van der Waals surface area contributed by atoms with Gasteiger partial charge in [-0.15, -0.1) is 24.0 Å². The molecule has 0 bridgehead atoms. The van der Waals surface area contributed by atoms with Gasteiger partial charge < -0.3 is 15.8 Å². The number of aryl methyl sites for hydroxylation is 4. The van der Waals surface area contributed by atoms with Gasteiger partial charge in [0.1, 0.15) is 0 Å². The number of hydrogen-bond acceptors (Lipinski definition) is 3. The lowest BCUT2D eigenvalue weighted by atomic mass is 10.0. The first-order chi connectivity index (χ1) is 11.5. The molecule has 1 heterocycles. The molecule has 6 nitrogen and oxygen atoms in total. The molecule has 3 N–H and O–H groups in total. The fraction of sp³-hybridized carbons (Fsp3) is 0.444. The topological polar surface area (TPSA) is 77.5 Å². The number of rotatable bonds is 6. The van der Waals surface area contributed by atoms with E-state index in [-0.39, 0.29) is 24.0 Å². The minimum atomic E-state index is 0. The number of methoxy groups -OCH3 is 1. The maximum Gasteiger partial charge on any atom is 0.216 e. The first-order valence-electron chi connectivity index (χ1n) is 8.25. The highest BCUT2D eigenvalue weighted by Gasteiger charge is 2.13. The molecule has 1 aromatic carbocycles. The van der Waals surface area contributed by atoms with Gasteiger partial charge in [-0.1, -0.05) is 32.0 Å². The van der Waals surface area contributed by atoms with Crippen molar-refractivity contribution in [1.29, 1.82) is 0 Å². The molecular formula is C18H28IN5O. The average Bonchev–Trinajstić information content (AvgIpc) is 2.85. The number of nitrogens with zero attached hydrogens (tertiary/aromatic N) is 3. The van der Waals surface area contributed by atoms with E-state index in [1.54, 1.807) is 11.8 Å². The summed E-state index contributed by atoms with van der Waals surface area (Å²) in [6.45, 7) is 6.64. The molecule has 25 heavy (non-hydrogen) atoms. The predicted molar refractivity (Wildman–Crippen MR) is 114 cm³/mol. The molecule has 7 heteroatoms. The lowest BCUT2D eigenvalue weighted by Gasteiger charge is -2.14. The average molecular weight is 457 g/mol. The number of hydrogen-bond donors (Lipinski definition) is 2. The summed E-state index contributed by atoms with van der Waals surface area (Å²) in [6.07, 6.45) is 1.89. The van der Waals surface area contributed by atoms with Crippen LogP contribution in [-0.2, 0) is 26.4 Å². The zero-order valence-electron chi connectivity index (χ0n) is 15.6. The lowest BCUT2D eigenvalue weighted by molar-refractivity contribution is 0.369. The molecule has 2 rings (SSSR count). The van der Waals surface area contributed by atoms with Gasteiger partial charge in [0.2, 0.25) is 5.88 Å². The van der Waals surface area contributed by atoms with Gasteiger partial charge in [-0.05, 0) is 30.9 Å². The molecule has 0 aliphatic heterocycles. The van der Waals surface area contributed by atoms with Gasteiger partial charge in [-0.25, -0.2) is 9.67 Å². The number of para-hydroxylation sites is 1. The molecule has 0 aliphatic carbocycles. The molecule has 0 radical (unpaired) electrons. The van der Waals surface area contributed by atoms with Gasteiger partial charge in [0.25, 0.3) is 0 Å². The van der Waals surface area contributed by atoms with Crippen LogP contribution in [-0.4, -0.2) is 22.8 Å². The summed E-state index contributed by atoms with van der Waals surface area (Å²) in [5, 5.41) is 7.63. The molecule has 0 fully saturated rings. The zero-order valence-corrected chi connectivity index (χ0v) is 17.9. The molecule has 1 aromatic heterocycles. The van der Waals surface area contributed by atoms with E-state index >= 15 is 0 Å². The summed E-state index contributed by atoms with van der Waals surface area (Å²) in [7, 11) is 3.49. The van der Waals surface area contributed by atoms with Crippen LogP contribution in [0.5, 0.6) is 5.88 Å². The third-order valence-corrected chi connectivity index (χ3v) is 4.14. The Labute approximate surface area is 166 Å². The van der Waals surface area contributed by atoms with E-state index in [2.05, 4.69) is 47.5 Å². The highest BCUT2D eigenvalue weighted by molar-refractivity contribution is 14.0. The Kier molecular flexibility index (Phi) is 8.21. The second-order valence-corrected chi connectivity index (χ2v) is 5.68.